The lowest BCUT2D eigenvalue weighted by Crippen LogP contribution is -2.11. The Balaban J connectivity index is 1.94. The Labute approximate surface area is 126 Å². The van der Waals surface area contributed by atoms with E-state index >= 15 is 0 Å². The molecule has 0 saturated carbocycles. The molecule has 3 rings (SSSR count). The first-order valence-electron chi connectivity index (χ1n) is 6.54. The lowest BCUT2D eigenvalue weighted by atomic mass is 9.90. The van der Waals surface area contributed by atoms with Crippen molar-refractivity contribution in [1.82, 2.24) is 0 Å². The molecule has 1 aliphatic carbocycles. The third-order valence-corrected chi connectivity index (χ3v) is 5.11. The van der Waals surface area contributed by atoms with Gasteiger partial charge in [0.25, 0.3) is 0 Å². The van der Waals surface area contributed by atoms with Crippen LogP contribution in [0.3, 0.4) is 0 Å². The number of hydrogen-bond acceptors (Lipinski definition) is 1. The summed E-state index contributed by atoms with van der Waals surface area (Å²) in [6.45, 7) is 0. The molecule has 2 aromatic rings. The highest BCUT2D eigenvalue weighted by molar-refractivity contribution is 7.99. The Morgan fingerprint density at radius 3 is 2.45 bits per heavy atom. The normalized spacial score (nSPS) is 17.9. The van der Waals surface area contributed by atoms with Crippen molar-refractivity contribution in [3.8, 4) is 0 Å². The Hall–Kier alpha value is -1.06. The Kier molecular flexibility index (Phi) is 3.99. The largest absolute Gasteiger partial charge is 0.207 e. The van der Waals surface area contributed by atoms with Crippen molar-refractivity contribution in [3.63, 3.8) is 0 Å². The lowest BCUT2D eigenvalue weighted by molar-refractivity contribution is 0.535. The number of hydrogen-bond donors (Lipinski definition) is 0. The molecule has 0 bridgehead atoms. The summed E-state index contributed by atoms with van der Waals surface area (Å²) in [5.41, 5.74) is 1.08. The fraction of sp³-hybridized carbons (Fsp3) is 0.250. The second kappa shape index (κ2) is 5.74. The second-order valence-corrected chi connectivity index (χ2v) is 6.59. The standard InChI is InChI=1S/C16H13ClF2S/c17-10-4-6-11(7-5-10)20-15-3-1-2-12-13(18)8-9-14(19)16(12)15/h4-9,15H,1-3H2. The SMILES string of the molecule is Fc1ccc(F)c2c1CCCC2Sc1ccc(Cl)cc1. The van der Waals surface area contributed by atoms with E-state index in [-0.39, 0.29) is 16.9 Å². The van der Waals surface area contributed by atoms with E-state index in [0.717, 1.165) is 17.7 Å². The third kappa shape index (κ3) is 2.70. The van der Waals surface area contributed by atoms with Crippen molar-refractivity contribution in [2.24, 2.45) is 0 Å². The Bertz CT molecular complexity index is 625. The molecular formula is C16H13ClF2S. The highest BCUT2D eigenvalue weighted by Crippen LogP contribution is 2.45. The van der Waals surface area contributed by atoms with Gasteiger partial charge in [-0.15, -0.1) is 11.8 Å². The number of fused-ring (bicyclic) bond motifs is 1. The summed E-state index contributed by atoms with van der Waals surface area (Å²) in [6, 6.07) is 9.92. The molecule has 0 saturated heterocycles. The van der Waals surface area contributed by atoms with Crippen molar-refractivity contribution in [1.29, 1.82) is 0 Å². The molecule has 0 radical (unpaired) electrons. The lowest BCUT2D eigenvalue weighted by Gasteiger charge is -2.26. The first-order chi connectivity index (χ1) is 9.65. The van der Waals surface area contributed by atoms with Crippen LogP contribution in [0.5, 0.6) is 0 Å². The van der Waals surface area contributed by atoms with Gasteiger partial charge in [0.15, 0.2) is 0 Å². The average Bonchev–Trinajstić information content (AvgIpc) is 2.46. The average molecular weight is 311 g/mol. The van der Waals surface area contributed by atoms with Crippen LogP contribution in [0.4, 0.5) is 8.78 Å². The molecule has 1 unspecified atom stereocenters. The van der Waals surface area contributed by atoms with Crippen molar-refractivity contribution >= 4 is 23.4 Å². The zero-order chi connectivity index (χ0) is 14.1. The minimum atomic E-state index is -0.299. The van der Waals surface area contributed by atoms with Gasteiger partial charge in [-0.2, -0.15) is 0 Å². The number of thioether (sulfide) groups is 1. The van der Waals surface area contributed by atoms with Crippen LogP contribution < -0.4 is 0 Å². The quantitative estimate of drug-likeness (QED) is 0.676. The second-order valence-electron chi connectivity index (χ2n) is 4.87. The summed E-state index contributed by atoms with van der Waals surface area (Å²) in [6.07, 6.45) is 2.37. The van der Waals surface area contributed by atoms with Gasteiger partial charge >= 0.3 is 0 Å². The van der Waals surface area contributed by atoms with E-state index in [1.54, 1.807) is 11.8 Å². The fourth-order valence-electron chi connectivity index (χ4n) is 2.62. The smallest absolute Gasteiger partial charge is 0.128 e. The van der Waals surface area contributed by atoms with Crippen LogP contribution >= 0.6 is 23.4 Å². The van der Waals surface area contributed by atoms with Crippen LogP contribution in [0, 0.1) is 11.6 Å². The monoisotopic (exact) mass is 310 g/mol. The van der Waals surface area contributed by atoms with Crippen LogP contribution in [-0.4, -0.2) is 0 Å². The predicted molar refractivity (Wildman–Crippen MR) is 79.3 cm³/mol. The van der Waals surface area contributed by atoms with Gasteiger partial charge in [0.2, 0.25) is 0 Å². The van der Waals surface area contributed by atoms with Gasteiger partial charge in [0.1, 0.15) is 11.6 Å². The molecule has 0 heterocycles. The van der Waals surface area contributed by atoms with E-state index in [1.165, 1.54) is 12.1 Å². The van der Waals surface area contributed by atoms with Gasteiger partial charge in [-0.3, -0.25) is 0 Å². The van der Waals surface area contributed by atoms with Gasteiger partial charge in [-0.1, -0.05) is 11.6 Å². The van der Waals surface area contributed by atoms with E-state index in [2.05, 4.69) is 0 Å². The maximum absolute atomic E-state index is 14.1. The highest BCUT2D eigenvalue weighted by Gasteiger charge is 2.26. The summed E-state index contributed by atoms with van der Waals surface area (Å²) in [5.74, 6) is -0.588. The zero-order valence-electron chi connectivity index (χ0n) is 10.7. The molecule has 0 nitrogen and oxygen atoms in total. The first kappa shape index (κ1) is 13.9. The number of halogens is 3. The maximum Gasteiger partial charge on any atom is 0.128 e. The zero-order valence-corrected chi connectivity index (χ0v) is 12.3. The van der Waals surface area contributed by atoms with Gasteiger partial charge in [0, 0.05) is 20.7 Å². The van der Waals surface area contributed by atoms with Crippen molar-refractivity contribution in [2.45, 2.75) is 29.4 Å². The molecule has 1 aliphatic rings. The molecule has 1 atom stereocenters. The van der Waals surface area contributed by atoms with Gasteiger partial charge < -0.3 is 0 Å². The Morgan fingerprint density at radius 2 is 1.70 bits per heavy atom. The van der Waals surface area contributed by atoms with Crippen LogP contribution in [0.2, 0.25) is 5.02 Å². The molecule has 0 aliphatic heterocycles. The van der Waals surface area contributed by atoms with E-state index < -0.39 is 0 Å². The number of benzene rings is 2. The van der Waals surface area contributed by atoms with E-state index in [9.17, 15) is 8.78 Å². The molecule has 104 valence electrons. The highest BCUT2D eigenvalue weighted by atomic mass is 35.5. The summed E-state index contributed by atoms with van der Waals surface area (Å²) in [7, 11) is 0. The molecule has 0 fully saturated rings. The Morgan fingerprint density at radius 1 is 1.00 bits per heavy atom. The summed E-state index contributed by atoms with van der Waals surface area (Å²) < 4.78 is 27.9. The van der Waals surface area contributed by atoms with Gasteiger partial charge in [-0.05, 0) is 61.2 Å². The molecule has 4 heteroatoms. The van der Waals surface area contributed by atoms with Crippen LogP contribution in [0.25, 0.3) is 0 Å². The summed E-state index contributed by atoms with van der Waals surface area (Å²) >= 11 is 7.44. The molecule has 0 spiro atoms. The van der Waals surface area contributed by atoms with Gasteiger partial charge in [0.05, 0.1) is 0 Å². The molecular weight excluding hydrogens is 298 g/mol. The first-order valence-corrected chi connectivity index (χ1v) is 7.80. The van der Waals surface area contributed by atoms with Crippen LogP contribution in [0.1, 0.15) is 29.2 Å². The minimum absolute atomic E-state index is 0.0318. The van der Waals surface area contributed by atoms with E-state index in [1.807, 2.05) is 24.3 Å². The van der Waals surface area contributed by atoms with Crippen LogP contribution in [0.15, 0.2) is 41.3 Å². The van der Waals surface area contributed by atoms with Crippen LogP contribution in [-0.2, 0) is 6.42 Å². The molecule has 0 amide bonds. The van der Waals surface area contributed by atoms with Gasteiger partial charge in [-0.25, -0.2) is 8.78 Å². The predicted octanol–water partition coefficient (Wildman–Crippen LogP) is 5.79. The fourth-order valence-corrected chi connectivity index (χ4v) is 4.02. The van der Waals surface area contributed by atoms with Crippen molar-refractivity contribution in [2.75, 3.05) is 0 Å². The summed E-state index contributed by atoms with van der Waals surface area (Å²) in [5, 5.41) is 0.645. The van der Waals surface area contributed by atoms with E-state index in [4.69, 9.17) is 11.6 Å². The minimum Gasteiger partial charge on any atom is -0.207 e. The molecule has 20 heavy (non-hydrogen) atoms. The van der Waals surface area contributed by atoms with Crippen molar-refractivity contribution < 1.29 is 8.78 Å². The third-order valence-electron chi connectivity index (χ3n) is 3.55. The maximum atomic E-state index is 14.1. The van der Waals surface area contributed by atoms with Crippen molar-refractivity contribution in [3.05, 3.63) is 64.2 Å². The number of rotatable bonds is 2. The summed E-state index contributed by atoms with van der Waals surface area (Å²) in [4.78, 5) is 1.02. The molecule has 0 N–H and O–H groups in total. The molecule has 2 aromatic carbocycles. The molecule has 0 aromatic heterocycles. The topological polar surface area (TPSA) is 0 Å². The van der Waals surface area contributed by atoms with E-state index in [0.29, 0.717) is 22.6 Å².